The Labute approximate surface area is 260 Å². The van der Waals surface area contributed by atoms with Gasteiger partial charge < -0.3 is 15.0 Å². The van der Waals surface area contributed by atoms with Crippen molar-refractivity contribution in [3.8, 4) is 5.75 Å². The lowest BCUT2D eigenvalue weighted by atomic mass is 10.1. The minimum absolute atomic E-state index is 0.0572. The summed E-state index contributed by atoms with van der Waals surface area (Å²) in [6.45, 7) is 7.64. The lowest BCUT2D eigenvalue weighted by Crippen LogP contribution is -2.54. The number of hydrogen-bond donors (Lipinski definition) is 1. The van der Waals surface area contributed by atoms with E-state index >= 15 is 0 Å². The van der Waals surface area contributed by atoms with Crippen LogP contribution in [0.2, 0.25) is 0 Å². The first-order valence-electron chi connectivity index (χ1n) is 14.7. The van der Waals surface area contributed by atoms with Gasteiger partial charge in [0.1, 0.15) is 18.3 Å². The molecule has 0 aliphatic heterocycles. The average molecular weight is 626 g/mol. The molecule has 1 N–H and O–H groups in total. The van der Waals surface area contributed by atoms with Crippen molar-refractivity contribution >= 4 is 39.3 Å². The molecule has 3 rings (SSSR count). The zero-order valence-electron chi connectivity index (χ0n) is 25.7. The number of carbonyl (C=O) groups is 2. The molecule has 10 heteroatoms. The van der Waals surface area contributed by atoms with Crippen LogP contribution in [0.4, 0.5) is 5.69 Å². The molecule has 2 amide bonds. The smallest absolute Gasteiger partial charge is 0.264 e. The summed E-state index contributed by atoms with van der Waals surface area (Å²) in [4.78, 5) is 30.2. The molecule has 8 nitrogen and oxygen atoms in total. The third-order valence-electron chi connectivity index (χ3n) is 7.23. The van der Waals surface area contributed by atoms with Crippen molar-refractivity contribution in [2.75, 3.05) is 30.3 Å². The molecule has 2 atom stereocenters. The Balaban J connectivity index is 2.06. The third-order valence-corrected chi connectivity index (χ3v) is 9.75. The van der Waals surface area contributed by atoms with Gasteiger partial charge in [0.05, 0.1) is 17.2 Å². The second kappa shape index (κ2) is 16.4. The predicted octanol–water partition coefficient (Wildman–Crippen LogP) is 5.77. The van der Waals surface area contributed by atoms with Crippen LogP contribution in [0.1, 0.15) is 46.1 Å². The van der Waals surface area contributed by atoms with E-state index in [9.17, 15) is 18.0 Å². The largest absolute Gasteiger partial charge is 0.492 e. The van der Waals surface area contributed by atoms with Crippen LogP contribution in [0.3, 0.4) is 0 Å². The van der Waals surface area contributed by atoms with Crippen molar-refractivity contribution in [1.82, 2.24) is 10.2 Å². The van der Waals surface area contributed by atoms with Gasteiger partial charge in [0.2, 0.25) is 11.8 Å². The molecule has 0 heterocycles. The minimum atomic E-state index is -4.20. The second-order valence-corrected chi connectivity index (χ2v) is 12.9. The number of hydrogen-bond acceptors (Lipinski definition) is 6. The number of anilines is 1. The molecule has 0 aliphatic rings. The summed E-state index contributed by atoms with van der Waals surface area (Å²) in [5.41, 5.74) is 1.27. The van der Waals surface area contributed by atoms with Crippen molar-refractivity contribution in [1.29, 1.82) is 0 Å². The van der Waals surface area contributed by atoms with E-state index in [4.69, 9.17) is 4.74 Å². The fraction of sp³-hybridized carbons (Fsp3) is 0.394. The van der Waals surface area contributed by atoms with Gasteiger partial charge in [-0.25, -0.2) is 8.42 Å². The number of nitrogens with one attached hydrogen (secondary N) is 1. The maximum Gasteiger partial charge on any atom is 0.264 e. The lowest BCUT2D eigenvalue weighted by molar-refractivity contribution is -0.139. The van der Waals surface area contributed by atoms with Crippen LogP contribution in [0.15, 0.2) is 88.7 Å². The number of para-hydroxylation sites is 2. The molecular formula is C33H43N3O5S2. The maximum atomic E-state index is 14.3. The van der Waals surface area contributed by atoms with Crippen LogP contribution in [0.25, 0.3) is 0 Å². The molecule has 0 spiro atoms. The van der Waals surface area contributed by atoms with Gasteiger partial charge in [0, 0.05) is 17.5 Å². The average Bonchev–Trinajstić information content (AvgIpc) is 3.02. The second-order valence-electron chi connectivity index (χ2n) is 10.2. The number of ether oxygens (including phenoxy) is 1. The molecular weight excluding hydrogens is 583 g/mol. The number of nitrogens with zero attached hydrogens (tertiary/aromatic N) is 2. The van der Waals surface area contributed by atoms with Crippen LogP contribution in [0.5, 0.6) is 5.75 Å². The monoisotopic (exact) mass is 625 g/mol. The highest BCUT2D eigenvalue weighted by atomic mass is 32.2. The van der Waals surface area contributed by atoms with Crippen LogP contribution in [-0.4, -0.2) is 63.2 Å². The third kappa shape index (κ3) is 9.00. The van der Waals surface area contributed by atoms with E-state index in [2.05, 4.69) is 5.32 Å². The molecule has 0 bridgehead atoms. The molecule has 232 valence electrons. The molecule has 43 heavy (non-hydrogen) atoms. The highest BCUT2D eigenvalue weighted by molar-refractivity contribution is 7.98. The summed E-state index contributed by atoms with van der Waals surface area (Å²) in [5, 5.41) is 3.01. The Kier molecular flexibility index (Phi) is 12.9. The first-order chi connectivity index (χ1) is 20.7. The van der Waals surface area contributed by atoms with Crippen LogP contribution in [0, 0.1) is 0 Å². The van der Waals surface area contributed by atoms with E-state index in [1.807, 2.05) is 64.3 Å². The van der Waals surface area contributed by atoms with Gasteiger partial charge in [0.15, 0.2) is 0 Å². The Hall–Kier alpha value is -3.50. The van der Waals surface area contributed by atoms with E-state index in [1.54, 1.807) is 48.5 Å². The zero-order valence-corrected chi connectivity index (χ0v) is 27.3. The number of carbonyl (C=O) groups excluding carboxylic acids is 2. The summed E-state index contributed by atoms with van der Waals surface area (Å²) in [5.74, 6) is -0.382. The topological polar surface area (TPSA) is 96.0 Å². The first-order valence-corrected chi connectivity index (χ1v) is 17.3. The summed E-state index contributed by atoms with van der Waals surface area (Å²) in [6.07, 6.45) is 3.55. The van der Waals surface area contributed by atoms with Gasteiger partial charge in [0.25, 0.3) is 10.0 Å². The van der Waals surface area contributed by atoms with Crippen LogP contribution >= 0.6 is 11.8 Å². The van der Waals surface area contributed by atoms with E-state index in [0.717, 1.165) is 21.2 Å². The molecule has 0 unspecified atom stereocenters. The summed E-state index contributed by atoms with van der Waals surface area (Å²) >= 11 is 1.51. The fourth-order valence-electron chi connectivity index (χ4n) is 4.67. The predicted molar refractivity (Wildman–Crippen MR) is 174 cm³/mol. The van der Waals surface area contributed by atoms with Crippen LogP contribution < -0.4 is 14.4 Å². The molecule has 0 saturated carbocycles. The van der Waals surface area contributed by atoms with Gasteiger partial charge in [-0.05, 0) is 81.3 Å². The minimum Gasteiger partial charge on any atom is -0.492 e. The van der Waals surface area contributed by atoms with Gasteiger partial charge in [-0.3, -0.25) is 13.9 Å². The van der Waals surface area contributed by atoms with Crippen molar-refractivity contribution in [3.05, 3.63) is 84.4 Å². The molecule has 0 saturated heterocycles. The van der Waals surface area contributed by atoms with Crippen molar-refractivity contribution in [2.45, 2.75) is 68.8 Å². The van der Waals surface area contributed by atoms with Gasteiger partial charge in [-0.1, -0.05) is 56.3 Å². The Morgan fingerprint density at radius 2 is 1.56 bits per heavy atom. The van der Waals surface area contributed by atoms with Gasteiger partial charge in [-0.2, -0.15) is 0 Å². The SMILES string of the molecule is CCOc1ccccc1N(CC(=O)N(CCc1ccccc1)[C@H](CC)C(=O)N[C@H](C)CC)S(=O)(=O)c1ccc(SC)cc1. The standard InChI is InChI=1S/C33H43N3O5S2/c1-6-25(4)34-33(38)29(7-2)35(23-22-26-14-10-9-11-15-26)32(37)24-36(30-16-12-13-17-31(30)41-8-3)43(39,40)28-20-18-27(42-5)19-21-28/h9-21,25,29H,6-8,22-24H2,1-5H3,(H,34,38)/t25-,29-/m1/s1. The molecule has 3 aromatic carbocycles. The Morgan fingerprint density at radius 1 is 0.907 bits per heavy atom. The number of thioether (sulfide) groups is 1. The van der Waals surface area contributed by atoms with E-state index in [1.165, 1.54) is 16.7 Å². The van der Waals surface area contributed by atoms with Crippen molar-refractivity contribution in [3.63, 3.8) is 0 Å². The number of sulfonamides is 1. The van der Waals surface area contributed by atoms with Gasteiger partial charge >= 0.3 is 0 Å². The highest BCUT2D eigenvalue weighted by Crippen LogP contribution is 2.33. The van der Waals surface area contributed by atoms with E-state index in [0.29, 0.717) is 25.2 Å². The molecule has 0 aliphatic carbocycles. The molecule has 0 fully saturated rings. The summed E-state index contributed by atoms with van der Waals surface area (Å²) in [6, 6.07) is 22.2. The quantitative estimate of drug-likeness (QED) is 0.203. The highest BCUT2D eigenvalue weighted by Gasteiger charge is 2.34. The zero-order chi connectivity index (χ0) is 31.4. The summed E-state index contributed by atoms with van der Waals surface area (Å²) in [7, 11) is -4.20. The normalized spacial score (nSPS) is 12.7. The lowest BCUT2D eigenvalue weighted by Gasteiger charge is -2.34. The molecule has 3 aromatic rings. The number of rotatable bonds is 16. The maximum absolute atomic E-state index is 14.3. The number of amides is 2. The fourth-order valence-corrected chi connectivity index (χ4v) is 6.50. The van der Waals surface area contributed by atoms with E-state index in [-0.39, 0.29) is 29.1 Å². The van der Waals surface area contributed by atoms with Gasteiger partial charge in [-0.15, -0.1) is 11.8 Å². The van der Waals surface area contributed by atoms with Crippen LogP contribution in [-0.2, 0) is 26.0 Å². The van der Waals surface area contributed by atoms with Crippen molar-refractivity contribution < 1.29 is 22.7 Å². The summed E-state index contributed by atoms with van der Waals surface area (Å²) < 4.78 is 35.3. The van der Waals surface area contributed by atoms with E-state index < -0.39 is 28.5 Å². The molecule has 0 aromatic heterocycles. The molecule has 0 radical (unpaired) electrons. The Bertz CT molecular complexity index is 1430. The number of benzene rings is 3. The van der Waals surface area contributed by atoms with Crippen molar-refractivity contribution in [2.24, 2.45) is 0 Å². The first kappa shape index (κ1) is 34.0. The Morgan fingerprint density at radius 3 is 2.16 bits per heavy atom.